The first-order chi connectivity index (χ1) is 12.6. The number of nitrogens with zero attached hydrogens (tertiary/aromatic N) is 4. The third-order valence-electron chi connectivity index (χ3n) is 4.77. The van der Waals surface area contributed by atoms with Gasteiger partial charge in [0.1, 0.15) is 6.54 Å². The van der Waals surface area contributed by atoms with Gasteiger partial charge in [0.25, 0.3) is 0 Å². The molecule has 1 aromatic carbocycles. The molecule has 1 atom stereocenters. The van der Waals surface area contributed by atoms with Crippen LogP contribution >= 0.6 is 0 Å². The Morgan fingerprint density at radius 2 is 2.15 bits per heavy atom. The minimum absolute atomic E-state index is 0.127. The molecule has 1 saturated heterocycles. The quantitative estimate of drug-likeness (QED) is 0.859. The first-order valence-electron chi connectivity index (χ1n) is 9.17. The summed E-state index contributed by atoms with van der Waals surface area (Å²) < 4.78 is 5.31. The molecule has 0 saturated carbocycles. The van der Waals surface area contributed by atoms with E-state index in [1.807, 2.05) is 0 Å². The molecule has 7 nitrogen and oxygen atoms in total. The lowest BCUT2D eigenvalue weighted by atomic mass is 9.91. The molecule has 2 aromatic rings. The molecule has 1 aromatic heterocycles. The Hall–Kier alpha value is -2.41. The summed E-state index contributed by atoms with van der Waals surface area (Å²) in [6.07, 6.45) is 2.43. The highest BCUT2D eigenvalue weighted by molar-refractivity contribution is 5.73. The average Bonchev–Trinajstić information content (AvgIpc) is 3.07. The van der Waals surface area contributed by atoms with Gasteiger partial charge in [-0.1, -0.05) is 30.3 Å². The van der Waals surface area contributed by atoms with Crippen LogP contribution in [0.3, 0.4) is 0 Å². The summed E-state index contributed by atoms with van der Waals surface area (Å²) in [4.78, 5) is 16.2. The number of carbonyl (C=O) groups excluding carboxylic acids is 1. The van der Waals surface area contributed by atoms with Crippen molar-refractivity contribution < 1.29 is 9.21 Å². The fraction of sp³-hybridized carbons (Fsp3) is 0.526. The van der Waals surface area contributed by atoms with Crippen LogP contribution in [0.25, 0.3) is 0 Å². The van der Waals surface area contributed by atoms with Crippen molar-refractivity contribution >= 4 is 6.03 Å². The van der Waals surface area contributed by atoms with Crippen LogP contribution in [0.2, 0.25) is 0 Å². The molecular weight excluding hydrogens is 330 g/mol. The highest BCUT2D eigenvalue weighted by atomic mass is 16.4. The molecule has 26 heavy (non-hydrogen) atoms. The second-order valence-electron chi connectivity index (χ2n) is 6.85. The maximum atomic E-state index is 12.2. The Morgan fingerprint density at radius 3 is 2.88 bits per heavy atom. The molecule has 0 spiro atoms. The molecule has 2 amide bonds. The zero-order valence-electron chi connectivity index (χ0n) is 15.5. The Kier molecular flexibility index (Phi) is 6.22. The Bertz CT molecular complexity index is 703. The molecule has 1 unspecified atom stereocenters. The standard InChI is InChI=1S/C19H27N5O2/c1-15-21-22-18(26-15)14-23(2)19(25)20-10-12-24-11-6-9-17(13-24)16-7-4-3-5-8-16/h3-5,7-8,17H,6,9-14H2,1-2H3,(H,20,25). The summed E-state index contributed by atoms with van der Waals surface area (Å²) >= 11 is 0. The Balaban J connectivity index is 1.40. The fourth-order valence-electron chi connectivity index (χ4n) is 3.39. The number of nitrogens with one attached hydrogen (secondary N) is 1. The molecular formula is C19H27N5O2. The van der Waals surface area contributed by atoms with E-state index in [9.17, 15) is 4.79 Å². The number of hydrogen-bond acceptors (Lipinski definition) is 5. The number of amides is 2. The van der Waals surface area contributed by atoms with E-state index in [0.717, 1.165) is 19.6 Å². The number of piperidine rings is 1. The Labute approximate surface area is 154 Å². The van der Waals surface area contributed by atoms with Gasteiger partial charge in [0.15, 0.2) is 0 Å². The van der Waals surface area contributed by atoms with Gasteiger partial charge in [-0.15, -0.1) is 10.2 Å². The van der Waals surface area contributed by atoms with E-state index in [-0.39, 0.29) is 6.03 Å². The molecule has 0 radical (unpaired) electrons. The van der Waals surface area contributed by atoms with Gasteiger partial charge in [0.2, 0.25) is 11.8 Å². The largest absolute Gasteiger partial charge is 0.424 e. The third-order valence-corrected chi connectivity index (χ3v) is 4.77. The van der Waals surface area contributed by atoms with Crippen LogP contribution in [0.1, 0.15) is 36.1 Å². The summed E-state index contributed by atoms with van der Waals surface area (Å²) in [5, 5.41) is 10.7. The van der Waals surface area contributed by atoms with Crippen LogP contribution in [-0.4, -0.2) is 59.3 Å². The second-order valence-corrected chi connectivity index (χ2v) is 6.85. The van der Waals surface area contributed by atoms with Crippen molar-refractivity contribution in [1.29, 1.82) is 0 Å². The van der Waals surface area contributed by atoms with Crippen LogP contribution in [0.4, 0.5) is 4.79 Å². The van der Waals surface area contributed by atoms with E-state index in [4.69, 9.17) is 4.42 Å². The molecule has 1 fully saturated rings. The molecule has 0 bridgehead atoms. The molecule has 2 heterocycles. The van der Waals surface area contributed by atoms with Gasteiger partial charge in [-0.2, -0.15) is 0 Å². The van der Waals surface area contributed by atoms with Crippen molar-refractivity contribution in [3.63, 3.8) is 0 Å². The summed E-state index contributed by atoms with van der Waals surface area (Å²) in [5.41, 5.74) is 1.41. The first-order valence-corrected chi connectivity index (χ1v) is 9.17. The van der Waals surface area contributed by atoms with E-state index in [1.54, 1.807) is 18.9 Å². The lowest BCUT2D eigenvalue weighted by molar-refractivity contribution is 0.189. The number of aryl methyl sites for hydroxylation is 1. The molecule has 140 valence electrons. The van der Waals surface area contributed by atoms with Gasteiger partial charge in [-0.05, 0) is 30.9 Å². The zero-order chi connectivity index (χ0) is 18.4. The molecule has 0 aliphatic carbocycles. The minimum atomic E-state index is -0.127. The number of rotatable bonds is 6. The predicted octanol–water partition coefficient (Wildman–Crippen LogP) is 2.40. The van der Waals surface area contributed by atoms with Crippen molar-refractivity contribution in [3.05, 3.63) is 47.7 Å². The first kappa shape index (κ1) is 18.4. The zero-order valence-corrected chi connectivity index (χ0v) is 15.5. The third kappa shape index (κ3) is 5.05. The number of benzene rings is 1. The number of likely N-dealkylation sites (tertiary alicyclic amines) is 1. The number of hydrogen-bond donors (Lipinski definition) is 1. The molecule has 1 N–H and O–H groups in total. The van der Waals surface area contributed by atoms with E-state index < -0.39 is 0 Å². The van der Waals surface area contributed by atoms with Crippen LogP contribution in [-0.2, 0) is 6.54 Å². The van der Waals surface area contributed by atoms with Crippen LogP contribution < -0.4 is 5.32 Å². The summed E-state index contributed by atoms with van der Waals surface area (Å²) in [6.45, 7) is 5.69. The van der Waals surface area contributed by atoms with Gasteiger partial charge in [0, 0.05) is 33.6 Å². The predicted molar refractivity (Wildman–Crippen MR) is 98.8 cm³/mol. The summed E-state index contributed by atoms with van der Waals surface area (Å²) in [7, 11) is 1.72. The lowest BCUT2D eigenvalue weighted by Crippen LogP contribution is -2.43. The van der Waals surface area contributed by atoms with Crippen molar-refractivity contribution in [3.8, 4) is 0 Å². The van der Waals surface area contributed by atoms with Crippen molar-refractivity contribution in [1.82, 2.24) is 25.3 Å². The van der Waals surface area contributed by atoms with Gasteiger partial charge >= 0.3 is 6.03 Å². The van der Waals surface area contributed by atoms with E-state index in [2.05, 4.69) is 50.7 Å². The second kappa shape index (κ2) is 8.80. The number of aromatic nitrogens is 2. The maximum absolute atomic E-state index is 12.2. The number of urea groups is 1. The smallest absolute Gasteiger partial charge is 0.317 e. The highest BCUT2D eigenvalue weighted by Crippen LogP contribution is 2.26. The molecule has 1 aliphatic heterocycles. The summed E-state index contributed by atoms with van der Waals surface area (Å²) in [5.74, 6) is 1.54. The maximum Gasteiger partial charge on any atom is 0.317 e. The fourth-order valence-corrected chi connectivity index (χ4v) is 3.39. The normalized spacial score (nSPS) is 17.8. The van der Waals surface area contributed by atoms with Gasteiger partial charge < -0.3 is 19.5 Å². The SMILES string of the molecule is Cc1nnc(CN(C)C(=O)NCCN2CCCC(c3ccccc3)C2)o1. The lowest BCUT2D eigenvalue weighted by Gasteiger charge is -2.33. The van der Waals surface area contributed by atoms with Crippen molar-refractivity contribution in [2.75, 3.05) is 33.2 Å². The highest BCUT2D eigenvalue weighted by Gasteiger charge is 2.21. The van der Waals surface area contributed by atoms with Crippen LogP contribution in [0.15, 0.2) is 34.7 Å². The molecule has 1 aliphatic rings. The van der Waals surface area contributed by atoms with Gasteiger partial charge in [0.05, 0.1) is 0 Å². The molecule has 3 rings (SSSR count). The topological polar surface area (TPSA) is 74.5 Å². The van der Waals surface area contributed by atoms with Gasteiger partial charge in [-0.25, -0.2) is 4.79 Å². The minimum Gasteiger partial charge on any atom is -0.424 e. The van der Waals surface area contributed by atoms with E-state index >= 15 is 0 Å². The van der Waals surface area contributed by atoms with E-state index in [0.29, 0.717) is 30.8 Å². The number of carbonyl (C=O) groups is 1. The monoisotopic (exact) mass is 357 g/mol. The van der Waals surface area contributed by atoms with Gasteiger partial charge in [-0.3, -0.25) is 0 Å². The van der Waals surface area contributed by atoms with Crippen LogP contribution in [0, 0.1) is 6.92 Å². The van der Waals surface area contributed by atoms with Crippen LogP contribution in [0.5, 0.6) is 0 Å². The average molecular weight is 357 g/mol. The Morgan fingerprint density at radius 1 is 1.35 bits per heavy atom. The molecule has 7 heteroatoms. The van der Waals surface area contributed by atoms with Crippen molar-refractivity contribution in [2.45, 2.75) is 32.2 Å². The van der Waals surface area contributed by atoms with E-state index in [1.165, 1.54) is 18.4 Å². The summed E-state index contributed by atoms with van der Waals surface area (Å²) in [6, 6.07) is 10.6. The van der Waals surface area contributed by atoms with Crippen molar-refractivity contribution in [2.24, 2.45) is 0 Å².